The first-order chi connectivity index (χ1) is 16.5. The molecular weight excluding hydrogens is 454 g/mol. The minimum Gasteiger partial charge on any atom is -0.497 e. The van der Waals surface area contributed by atoms with Gasteiger partial charge in [-0.2, -0.15) is 0 Å². The number of halogens is 2. The first-order valence-electron chi connectivity index (χ1n) is 11.3. The van der Waals surface area contributed by atoms with Crippen LogP contribution in [0.3, 0.4) is 0 Å². The summed E-state index contributed by atoms with van der Waals surface area (Å²) in [4.78, 5) is 27.0. The quantitative estimate of drug-likeness (QED) is 0.611. The van der Waals surface area contributed by atoms with E-state index in [1.165, 1.54) is 14.2 Å². The van der Waals surface area contributed by atoms with Crippen molar-refractivity contribution in [2.75, 3.05) is 19.5 Å². The smallest absolute Gasteiger partial charge is 0.254 e. The van der Waals surface area contributed by atoms with Crippen LogP contribution in [0.2, 0.25) is 0 Å². The summed E-state index contributed by atoms with van der Waals surface area (Å²) >= 11 is 0. The molecule has 0 radical (unpaired) electrons. The lowest BCUT2D eigenvalue weighted by atomic mass is 9.68. The van der Waals surface area contributed by atoms with Crippen molar-refractivity contribution in [1.29, 1.82) is 0 Å². The number of carbonyl (C=O) groups excluding carboxylic acids is 2. The molecule has 0 saturated heterocycles. The van der Waals surface area contributed by atoms with E-state index < -0.39 is 23.5 Å². The van der Waals surface area contributed by atoms with E-state index in [9.17, 15) is 18.4 Å². The van der Waals surface area contributed by atoms with Gasteiger partial charge >= 0.3 is 0 Å². The zero-order valence-electron chi connectivity index (χ0n) is 20.3. The van der Waals surface area contributed by atoms with Gasteiger partial charge in [0.1, 0.15) is 23.1 Å². The first kappa shape index (κ1) is 24.4. The van der Waals surface area contributed by atoms with E-state index in [0.717, 1.165) is 17.8 Å². The number of hydrogen-bond donors (Lipinski definition) is 2. The summed E-state index contributed by atoms with van der Waals surface area (Å²) in [6.07, 6.45) is 0.949. The molecule has 2 aliphatic rings. The molecule has 1 amide bonds. The SMILES string of the molecule is COc1ccc(C2C(C(=O)Nc3ccc(F)cc3F)=C(C)NC3=C2C(=O)CC(C)(C)C3)c(OC)c1. The topological polar surface area (TPSA) is 76.7 Å². The summed E-state index contributed by atoms with van der Waals surface area (Å²) in [5, 5.41) is 5.81. The molecule has 2 N–H and O–H groups in total. The highest BCUT2D eigenvalue weighted by atomic mass is 19.1. The number of amides is 1. The van der Waals surface area contributed by atoms with E-state index in [2.05, 4.69) is 10.6 Å². The highest BCUT2D eigenvalue weighted by Crippen LogP contribution is 2.49. The summed E-state index contributed by atoms with van der Waals surface area (Å²) in [6, 6.07) is 8.13. The van der Waals surface area contributed by atoms with Gasteiger partial charge in [0.05, 0.1) is 25.8 Å². The highest BCUT2D eigenvalue weighted by molar-refractivity contribution is 6.10. The molecule has 0 aromatic heterocycles. The molecule has 0 bridgehead atoms. The van der Waals surface area contributed by atoms with Crippen LogP contribution in [-0.2, 0) is 9.59 Å². The van der Waals surface area contributed by atoms with Gasteiger partial charge in [-0.3, -0.25) is 9.59 Å². The van der Waals surface area contributed by atoms with Crippen LogP contribution in [0, 0.1) is 17.0 Å². The van der Waals surface area contributed by atoms with E-state index in [4.69, 9.17) is 9.47 Å². The fourth-order valence-corrected chi connectivity index (χ4v) is 4.89. The van der Waals surface area contributed by atoms with Gasteiger partial charge < -0.3 is 20.1 Å². The van der Waals surface area contributed by atoms with Crippen molar-refractivity contribution in [3.05, 3.63) is 76.1 Å². The number of carbonyl (C=O) groups is 2. The summed E-state index contributed by atoms with van der Waals surface area (Å²) < 4.78 is 38.6. The van der Waals surface area contributed by atoms with Crippen LogP contribution in [-0.4, -0.2) is 25.9 Å². The average molecular weight is 483 g/mol. The lowest BCUT2D eigenvalue weighted by molar-refractivity contribution is -0.118. The van der Waals surface area contributed by atoms with Crippen LogP contribution in [0.25, 0.3) is 0 Å². The number of hydrogen-bond acceptors (Lipinski definition) is 5. The Morgan fingerprint density at radius 2 is 1.83 bits per heavy atom. The molecular formula is C27H28F2N2O4. The number of anilines is 1. The maximum atomic E-state index is 14.3. The van der Waals surface area contributed by atoms with E-state index in [1.54, 1.807) is 25.1 Å². The molecule has 0 saturated carbocycles. The van der Waals surface area contributed by atoms with Crippen LogP contribution < -0.4 is 20.1 Å². The van der Waals surface area contributed by atoms with E-state index in [-0.39, 0.29) is 22.5 Å². The van der Waals surface area contributed by atoms with Crippen molar-refractivity contribution in [1.82, 2.24) is 5.32 Å². The van der Waals surface area contributed by atoms with Gasteiger partial charge in [0.2, 0.25) is 0 Å². The van der Waals surface area contributed by atoms with Gasteiger partial charge in [0.25, 0.3) is 5.91 Å². The number of Topliss-reactive ketones (excluding diaryl/α,β-unsaturated/α-hetero) is 1. The first-order valence-corrected chi connectivity index (χ1v) is 11.3. The molecule has 6 nitrogen and oxygen atoms in total. The number of ketones is 1. The lowest BCUT2D eigenvalue weighted by Crippen LogP contribution is -2.39. The van der Waals surface area contributed by atoms with E-state index >= 15 is 0 Å². The Labute approximate surface area is 203 Å². The minimum absolute atomic E-state index is 0.0719. The van der Waals surface area contributed by atoms with Crippen molar-refractivity contribution < 1.29 is 27.8 Å². The summed E-state index contributed by atoms with van der Waals surface area (Å²) in [7, 11) is 3.04. The van der Waals surface area contributed by atoms with E-state index in [1.807, 2.05) is 13.8 Å². The molecule has 2 aromatic carbocycles. The minimum atomic E-state index is -0.894. The molecule has 8 heteroatoms. The number of allylic oxidation sites excluding steroid dienone is 3. The Morgan fingerprint density at radius 3 is 2.49 bits per heavy atom. The molecule has 35 heavy (non-hydrogen) atoms. The number of rotatable bonds is 5. The third kappa shape index (κ3) is 4.65. The number of methoxy groups -OCH3 is 2. The second kappa shape index (κ2) is 9.17. The van der Waals surface area contributed by atoms with Gasteiger partial charge in [-0.15, -0.1) is 0 Å². The summed E-state index contributed by atoms with van der Waals surface area (Å²) in [6.45, 7) is 5.80. The van der Waals surface area contributed by atoms with Gasteiger partial charge in [0.15, 0.2) is 5.78 Å². The lowest BCUT2D eigenvalue weighted by Gasteiger charge is -2.40. The number of nitrogens with one attached hydrogen (secondary N) is 2. The van der Waals surface area contributed by atoms with Gasteiger partial charge in [0, 0.05) is 46.7 Å². The number of dihydropyridines is 1. The standard InChI is InChI=1S/C27H28F2N2O4/c1-14-23(26(33)31-19-9-6-15(28)10-18(19)29)24(17-8-7-16(34-4)11-22(17)35-5)25-20(30-14)12-27(2,3)13-21(25)32/h6-11,24,30H,12-13H2,1-5H3,(H,31,33). The van der Waals surface area contributed by atoms with Crippen LogP contribution in [0.4, 0.5) is 14.5 Å². The van der Waals surface area contributed by atoms with Gasteiger partial charge in [-0.05, 0) is 37.0 Å². The Hall–Kier alpha value is -3.68. The van der Waals surface area contributed by atoms with Crippen LogP contribution in [0.15, 0.2) is 58.9 Å². The Bertz CT molecular complexity index is 1280. The van der Waals surface area contributed by atoms with Crippen LogP contribution in [0.5, 0.6) is 11.5 Å². The van der Waals surface area contributed by atoms with Crippen LogP contribution in [0.1, 0.15) is 45.1 Å². The van der Waals surface area contributed by atoms with Crippen molar-refractivity contribution in [2.45, 2.75) is 39.5 Å². The zero-order valence-corrected chi connectivity index (χ0v) is 20.3. The second-order valence-electron chi connectivity index (χ2n) is 9.62. The summed E-state index contributed by atoms with van der Waals surface area (Å²) in [5.74, 6) is -2.06. The molecule has 1 aliphatic carbocycles. The number of benzene rings is 2. The molecule has 4 rings (SSSR count). The van der Waals surface area contributed by atoms with Crippen LogP contribution >= 0.6 is 0 Å². The van der Waals surface area contributed by atoms with Crippen molar-refractivity contribution in [3.8, 4) is 11.5 Å². The highest BCUT2D eigenvalue weighted by Gasteiger charge is 2.43. The Balaban J connectivity index is 1.86. The molecule has 0 fully saturated rings. The van der Waals surface area contributed by atoms with Crippen molar-refractivity contribution >= 4 is 17.4 Å². The third-order valence-corrected chi connectivity index (χ3v) is 6.42. The average Bonchev–Trinajstić information content (AvgIpc) is 2.78. The Morgan fingerprint density at radius 1 is 1.09 bits per heavy atom. The molecule has 1 atom stereocenters. The maximum Gasteiger partial charge on any atom is 0.254 e. The van der Waals surface area contributed by atoms with Gasteiger partial charge in [-0.25, -0.2) is 8.78 Å². The maximum absolute atomic E-state index is 14.3. The largest absolute Gasteiger partial charge is 0.497 e. The normalized spacial score (nSPS) is 19.2. The number of ether oxygens (including phenoxy) is 2. The third-order valence-electron chi connectivity index (χ3n) is 6.42. The van der Waals surface area contributed by atoms with E-state index in [0.29, 0.717) is 47.2 Å². The predicted octanol–water partition coefficient (Wildman–Crippen LogP) is 5.22. The fraction of sp³-hybridized carbons (Fsp3) is 0.333. The van der Waals surface area contributed by atoms with Gasteiger partial charge in [-0.1, -0.05) is 19.9 Å². The van der Waals surface area contributed by atoms with Crippen molar-refractivity contribution in [2.24, 2.45) is 5.41 Å². The molecule has 2 aromatic rings. The Kier molecular flexibility index (Phi) is 6.40. The monoisotopic (exact) mass is 482 g/mol. The zero-order chi connectivity index (χ0) is 25.5. The van der Waals surface area contributed by atoms with Crippen molar-refractivity contribution in [3.63, 3.8) is 0 Å². The molecule has 0 spiro atoms. The molecule has 1 heterocycles. The second-order valence-corrected chi connectivity index (χ2v) is 9.62. The predicted molar refractivity (Wildman–Crippen MR) is 128 cm³/mol. The fourth-order valence-electron chi connectivity index (χ4n) is 4.89. The summed E-state index contributed by atoms with van der Waals surface area (Å²) in [5.41, 5.74) is 2.25. The molecule has 184 valence electrons. The molecule has 1 aliphatic heterocycles. The molecule has 1 unspecified atom stereocenters.